The van der Waals surface area contributed by atoms with Gasteiger partial charge in [-0.2, -0.15) is 0 Å². The van der Waals surface area contributed by atoms with Crippen molar-refractivity contribution in [2.75, 3.05) is 13.1 Å². The van der Waals surface area contributed by atoms with E-state index in [0.29, 0.717) is 18.9 Å². The highest BCUT2D eigenvalue weighted by Crippen LogP contribution is 2.29. The number of rotatable bonds is 6. The number of nitrogens with one attached hydrogen (secondary N) is 2. The second-order valence-electron chi connectivity index (χ2n) is 7.19. The molecule has 2 N–H and O–H groups in total. The van der Waals surface area contributed by atoms with Crippen LogP contribution in [0.1, 0.15) is 44.6 Å². The van der Waals surface area contributed by atoms with Gasteiger partial charge in [0, 0.05) is 18.6 Å². The molecule has 1 aromatic carbocycles. The minimum atomic E-state index is -0.401. The van der Waals surface area contributed by atoms with E-state index in [-0.39, 0.29) is 30.3 Å². The standard InChI is InChI=1S/C20H29N3O2.ClH/c1-2-6-18(22-19(24)13-15-7-4-3-5-8-15)20(25)23-16-9-10-17(23)14-21-12-11-16;/h3-5,7-8,16-18,21H,2,6,9-14H2,1H3,(H,22,24);1H. The maximum Gasteiger partial charge on any atom is 0.245 e. The summed E-state index contributed by atoms with van der Waals surface area (Å²) in [6.07, 6.45) is 5.07. The zero-order valence-electron chi connectivity index (χ0n) is 15.4. The zero-order valence-corrected chi connectivity index (χ0v) is 16.3. The number of nitrogens with zero attached hydrogens (tertiary/aromatic N) is 1. The molecule has 0 saturated carbocycles. The number of hydrogen-bond donors (Lipinski definition) is 2. The van der Waals surface area contributed by atoms with Crippen molar-refractivity contribution >= 4 is 24.2 Å². The molecule has 3 rings (SSSR count). The van der Waals surface area contributed by atoms with E-state index in [4.69, 9.17) is 0 Å². The van der Waals surface area contributed by atoms with Crippen molar-refractivity contribution in [3.63, 3.8) is 0 Å². The molecule has 26 heavy (non-hydrogen) atoms. The molecule has 0 spiro atoms. The average Bonchev–Trinajstić information content (AvgIpc) is 2.87. The predicted octanol–water partition coefficient (Wildman–Crippen LogP) is 2.29. The zero-order chi connectivity index (χ0) is 17.6. The van der Waals surface area contributed by atoms with Crippen LogP contribution in [0, 0.1) is 0 Å². The lowest BCUT2D eigenvalue weighted by Crippen LogP contribution is -2.53. The van der Waals surface area contributed by atoms with E-state index in [2.05, 4.69) is 22.5 Å². The van der Waals surface area contributed by atoms with Gasteiger partial charge in [0.25, 0.3) is 0 Å². The Morgan fingerprint density at radius 3 is 2.65 bits per heavy atom. The van der Waals surface area contributed by atoms with Crippen molar-refractivity contribution in [1.82, 2.24) is 15.5 Å². The number of hydrogen-bond acceptors (Lipinski definition) is 3. The van der Waals surface area contributed by atoms with E-state index in [9.17, 15) is 9.59 Å². The van der Waals surface area contributed by atoms with Crippen LogP contribution in [0.4, 0.5) is 0 Å². The molecule has 2 aliphatic heterocycles. The van der Waals surface area contributed by atoms with Crippen molar-refractivity contribution in [2.45, 2.75) is 63.6 Å². The lowest BCUT2D eigenvalue weighted by atomic mass is 10.1. The first-order valence-corrected chi connectivity index (χ1v) is 9.55. The van der Waals surface area contributed by atoms with E-state index in [1.54, 1.807) is 0 Å². The number of carbonyl (C=O) groups is 2. The summed E-state index contributed by atoms with van der Waals surface area (Å²) in [7, 11) is 0. The molecule has 2 heterocycles. The van der Waals surface area contributed by atoms with Gasteiger partial charge in [-0.1, -0.05) is 43.7 Å². The van der Waals surface area contributed by atoms with Crippen molar-refractivity contribution < 1.29 is 9.59 Å². The van der Waals surface area contributed by atoms with Gasteiger partial charge in [0.15, 0.2) is 0 Å². The Labute approximate surface area is 162 Å². The topological polar surface area (TPSA) is 61.4 Å². The minimum Gasteiger partial charge on any atom is -0.344 e. The van der Waals surface area contributed by atoms with Crippen LogP contribution >= 0.6 is 12.4 Å². The molecule has 6 heteroatoms. The molecular weight excluding hydrogens is 350 g/mol. The summed E-state index contributed by atoms with van der Waals surface area (Å²) in [4.78, 5) is 27.7. The molecule has 0 aromatic heterocycles. The maximum atomic E-state index is 13.2. The molecule has 2 saturated heterocycles. The van der Waals surface area contributed by atoms with E-state index in [1.807, 2.05) is 30.3 Å². The molecule has 0 aliphatic carbocycles. The molecule has 3 atom stereocenters. The van der Waals surface area contributed by atoms with Crippen LogP contribution in [0.25, 0.3) is 0 Å². The first-order valence-electron chi connectivity index (χ1n) is 9.55. The molecule has 3 unspecified atom stereocenters. The van der Waals surface area contributed by atoms with Crippen LogP contribution < -0.4 is 10.6 Å². The Hall–Kier alpha value is -1.59. The molecule has 0 radical (unpaired) electrons. The van der Waals surface area contributed by atoms with E-state index in [1.165, 1.54) is 0 Å². The van der Waals surface area contributed by atoms with Crippen LogP contribution in [0.15, 0.2) is 30.3 Å². The highest BCUT2D eigenvalue weighted by Gasteiger charge is 2.40. The van der Waals surface area contributed by atoms with Gasteiger partial charge in [0.2, 0.25) is 11.8 Å². The second-order valence-corrected chi connectivity index (χ2v) is 7.19. The fourth-order valence-electron chi connectivity index (χ4n) is 4.09. The third-order valence-corrected chi connectivity index (χ3v) is 5.33. The van der Waals surface area contributed by atoms with Gasteiger partial charge in [-0.3, -0.25) is 9.59 Å². The van der Waals surface area contributed by atoms with Crippen LogP contribution in [0.5, 0.6) is 0 Å². The quantitative estimate of drug-likeness (QED) is 0.797. The Kier molecular flexibility index (Phi) is 7.91. The van der Waals surface area contributed by atoms with Crippen molar-refractivity contribution in [3.05, 3.63) is 35.9 Å². The highest BCUT2D eigenvalue weighted by atomic mass is 35.5. The second kappa shape index (κ2) is 9.93. The lowest BCUT2D eigenvalue weighted by Gasteiger charge is -2.32. The highest BCUT2D eigenvalue weighted by molar-refractivity contribution is 5.89. The summed E-state index contributed by atoms with van der Waals surface area (Å²) < 4.78 is 0. The molecule has 144 valence electrons. The Balaban J connectivity index is 0.00000243. The number of benzene rings is 1. The van der Waals surface area contributed by atoms with Crippen LogP contribution in [-0.4, -0.2) is 47.9 Å². The third kappa shape index (κ3) is 4.98. The van der Waals surface area contributed by atoms with Crippen LogP contribution in [0.2, 0.25) is 0 Å². The van der Waals surface area contributed by atoms with Gasteiger partial charge in [-0.25, -0.2) is 0 Å². The normalized spacial score (nSPS) is 22.9. The first-order chi connectivity index (χ1) is 12.2. The summed E-state index contributed by atoms with van der Waals surface area (Å²) in [6.45, 7) is 3.91. The van der Waals surface area contributed by atoms with E-state index >= 15 is 0 Å². The fourth-order valence-corrected chi connectivity index (χ4v) is 4.09. The van der Waals surface area contributed by atoms with Gasteiger partial charge < -0.3 is 15.5 Å². The molecule has 2 bridgehead atoms. The summed E-state index contributed by atoms with van der Waals surface area (Å²) in [5, 5.41) is 6.43. The third-order valence-electron chi connectivity index (χ3n) is 5.33. The Morgan fingerprint density at radius 2 is 1.92 bits per heavy atom. The van der Waals surface area contributed by atoms with Crippen molar-refractivity contribution in [2.24, 2.45) is 0 Å². The average molecular weight is 380 g/mol. The number of amides is 2. The van der Waals surface area contributed by atoms with Crippen LogP contribution in [0.3, 0.4) is 0 Å². The van der Waals surface area contributed by atoms with E-state index in [0.717, 1.165) is 44.3 Å². The fraction of sp³-hybridized carbons (Fsp3) is 0.600. The number of carbonyl (C=O) groups excluding carboxylic acids is 2. The summed E-state index contributed by atoms with van der Waals surface area (Å²) in [6, 6.07) is 9.89. The largest absolute Gasteiger partial charge is 0.344 e. The minimum absolute atomic E-state index is 0. The van der Waals surface area contributed by atoms with Crippen molar-refractivity contribution in [3.8, 4) is 0 Å². The van der Waals surface area contributed by atoms with Gasteiger partial charge in [0.05, 0.1) is 6.42 Å². The SMILES string of the molecule is CCCC(NC(=O)Cc1ccccc1)C(=O)N1C2CCNCC1CC2.Cl. The lowest BCUT2D eigenvalue weighted by molar-refractivity contribution is -0.138. The van der Waals surface area contributed by atoms with Gasteiger partial charge >= 0.3 is 0 Å². The molecule has 2 fully saturated rings. The summed E-state index contributed by atoms with van der Waals surface area (Å²) >= 11 is 0. The predicted molar refractivity (Wildman–Crippen MR) is 105 cm³/mol. The van der Waals surface area contributed by atoms with Gasteiger partial charge in [0.1, 0.15) is 6.04 Å². The monoisotopic (exact) mass is 379 g/mol. The van der Waals surface area contributed by atoms with Gasteiger partial charge in [-0.15, -0.1) is 12.4 Å². The van der Waals surface area contributed by atoms with Crippen molar-refractivity contribution in [1.29, 1.82) is 0 Å². The number of fused-ring (bicyclic) bond motifs is 2. The molecule has 2 amide bonds. The van der Waals surface area contributed by atoms with Crippen LogP contribution in [-0.2, 0) is 16.0 Å². The molecule has 2 aliphatic rings. The molecule has 1 aromatic rings. The Bertz CT molecular complexity index is 582. The molecule has 5 nitrogen and oxygen atoms in total. The Morgan fingerprint density at radius 1 is 1.19 bits per heavy atom. The number of halogens is 1. The van der Waals surface area contributed by atoms with Gasteiger partial charge in [-0.05, 0) is 37.8 Å². The first kappa shape index (κ1) is 20.7. The van der Waals surface area contributed by atoms with E-state index < -0.39 is 6.04 Å². The maximum absolute atomic E-state index is 13.2. The summed E-state index contributed by atoms with van der Waals surface area (Å²) in [5.41, 5.74) is 0.974. The smallest absolute Gasteiger partial charge is 0.245 e. The molecular formula is C20H30ClN3O2. The summed E-state index contributed by atoms with van der Waals surface area (Å²) in [5.74, 6) is 0.0396.